The van der Waals surface area contributed by atoms with Gasteiger partial charge in [-0.05, 0) is 42.9 Å². The minimum atomic E-state index is -0.422. The van der Waals surface area contributed by atoms with E-state index in [1.807, 2.05) is 0 Å². The largest absolute Gasteiger partial charge is 0.391 e. The van der Waals surface area contributed by atoms with Crippen molar-refractivity contribution in [3.8, 4) is 0 Å². The van der Waals surface area contributed by atoms with Crippen LogP contribution in [0.5, 0.6) is 0 Å². The lowest BCUT2D eigenvalue weighted by molar-refractivity contribution is 0.0826. The molecular formula is C17H25FN2O2. The number of likely N-dealkylation sites (tertiary alicyclic amines) is 1. The van der Waals surface area contributed by atoms with E-state index in [-0.39, 0.29) is 23.8 Å². The van der Waals surface area contributed by atoms with Gasteiger partial charge < -0.3 is 15.3 Å². The number of β-amino-alcohol motifs (C(OH)–C–C–N with tert-alkyl or cyclic N) is 1. The Morgan fingerprint density at radius 2 is 2.09 bits per heavy atom. The molecule has 2 rings (SSSR count). The standard InChI is InChI=1S/C17H25FN2O2/c1-12(2)16(10-13-5-7-14(18)8-6-13)19-17(22)20-9-3-4-15(21)11-20/h5-8,12,15-16,21H,3-4,9-11H2,1-2H3,(H,19,22)/t15-,16-/m1/s1. The van der Waals surface area contributed by atoms with Gasteiger partial charge in [0.05, 0.1) is 6.10 Å². The van der Waals surface area contributed by atoms with Crippen LogP contribution in [0.1, 0.15) is 32.3 Å². The van der Waals surface area contributed by atoms with Crippen molar-refractivity contribution in [2.45, 2.75) is 45.3 Å². The van der Waals surface area contributed by atoms with Crippen LogP contribution in [0.3, 0.4) is 0 Å². The van der Waals surface area contributed by atoms with Gasteiger partial charge in [0.2, 0.25) is 0 Å². The average Bonchev–Trinajstić information content (AvgIpc) is 2.48. The van der Waals surface area contributed by atoms with Crippen LogP contribution in [0.25, 0.3) is 0 Å². The van der Waals surface area contributed by atoms with Gasteiger partial charge in [-0.2, -0.15) is 0 Å². The van der Waals surface area contributed by atoms with E-state index < -0.39 is 6.10 Å². The Balaban J connectivity index is 1.96. The number of hydrogen-bond donors (Lipinski definition) is 2. The number of piperidine rings is 1. The molecule has 2 atom stereocenters. The number of aliphatic hydroxyl groups excluding tert-OH is 1. The number of nitrogens with zero attached hydrogens (tertiary/aromatic N) is 1. The number of carbonyl (C=O) groups is 1. The second-order valence-corrected chi connectivity index (χ2v) is 6.37. The maximum atomic E-state index is 13.0. The molecule has 2 N–H and O–H groups in total. The zero-order chi connectivity index (χ0) is 16.1. The van der Waals surface area contributed by atoms with Gasteiger partial charge in [0.1, 0.15) is 5.82 Å². The lowest BCUT2D eigenvalue weighted by Gasteiger charge is -2.32. The van der Waals surface area contributed by atoms with E-state index in [1.165, 1.54) is 12.1 Å². The molecule has 5 heteroatoms. The fraction of sp³-hybridized carbons (Fsp3) is 0.588. The first kappa shape index (κ1) is 16.7. The summed E-state index contributed by atoms with van der Waals surface area (Å²) >= 11 is 0. The Hall–Kier alpha value is -1.62. The number of halogens is 1. The minimum Gasteiger partial charge on any atom is -0.391 e. The zero-order valence-electron chi connectivity index (χ0n) is 13.3. The number of nitrogens with one attached hydrogen (secondary N) is 1. The lowest BCUT2D eigenvalue weighted by atomic mass is 9.96. The topological polar surface area (TPSA) is 52.6 Å². The molecule has 22 heavy (non-hydrogen) atoms. The highest BCUT2D eigenvalue weighted by molar-refractivity contribution is 5.74. The Morgan fingerprint density at radius 1 is 1.41 bits per heavy atom. The quantitative estimate of drug-likeness (QED) is 0.898. The molecule has 0 aromatic heterocycles. The number of hydrogen-bond acceptors (Lipinski definition) is 2. The van der Waals surface area contributed by atoms with Crippen molar-refractivity contribution < 1.29 is 14.3 Å². The third-order valence-electron chi connectivity index (χ3n) is 4.17. The number of carbonyl (C=O) groups excluding carboxylic acids is 1. The molecule has 1 aliphatic rings. The minimum absolute atomic E-state index is 0.0166. The van der Waals surface area contributed by atoms with Crippen LogP contribution in [-0.2, 0) is 6.42 Å². The number of amides is 2. The van der Waals surface area contributed by atoms with Gasteiger partial charge in [0.15, 0.2) is 0 Å². The van der Waals surface area contributed by atoms with Crippen LogP contribution in [0, 0.1) is 11.7 Å². The van der Waals surface area contributed by atoms with E-state index in [1.54, 1.807) is 17.0 Å². The smallest absolute Gasteiger partial charge is 0.317 e. The molecule has 0 unspecified atom stereocenters. The van der Waals surface area contributed by atoms with Crippen molar-refractivity contribution in [1.29, 1.82) is 0 Å². The van der Waals surface area contributed by atoms with Gasteiger partial charge in [0, 0.05) is 19.1 Å². The predicted molar refractivity (Wildman–Crippen MR) is 84.1 cm³/mol. The number of urea groups is 1. The van der Waals surface area contributed by atoms with E-state index in [0.717, 1.165) is 18.4 Å². The summed E-state index contributed by atoms with van der Waals surface area (Å²) in [6, 6.07) is 6.24. The number of benzene rings is 1. The molecule has 0 aliphatic carbocycles. The van der Waals surface area contributed by atoms with Gasteiger partial charge >= 0.3 is 6.03 Å². The molecule has 2 amide bonds. The summed E-state index contributed by atoms with van der Waals surface area (Å²) in [5.41, 5.74) is 0.999. The normalized spacial score (nSPS) is 20.0. The van der Waals surface area contributed by atoms with Crippen LogP contribution >= 0.6 is 0 Å². The van der Waals surface area contributed by atoms with Gasteiger partial charge in [-0.25, -0.2) is 9.18 Å². The average molecular weight is 308 g/mol. The molecule has 122 valence electrons. The number of aliphatic hydroxyl groups is 1. The first-order chi connectivity index (χ1) is 10.5. The molecule has 0 bridgehead atoms. The highest BCUT2D eigenvalue weighted by Gasteiger charge is 2.25. The molecule has 0 spiro atoms. The fourth-order valence-corrected chi connectivity index (χ4v) is 2.72. The SMILES string of the molecule is CC(C)[C@@H](Cc1ccc(F)cc1)NC(=O)N1CCC[C@@H](O)C1. The van der Waals surface area contributed by atoms with E-state index in [9.17, 15) is 14.3 Å². The van der Waals surface area contributed by atoms with Crippen molar-refractivity contribution in [2.24, 2.45) is 5.92 Å². The summed E-state index contributed by atoms with van der Waals surface area (Å²) in [5, 5.41) is 12.7. The zero-order valence-corrected chi connectivity index (χ0v) is 13.3. The van der Waals surface area contributed by atoms with Crippen molar-refractivity contribution in [3.05, 3.63) is 35.6 Å². The van der Waals surface area contributed by atoms with Crippen molar-refractivity contribution in [3.63, 3.8) is 0 Å². The molecule has 0 radical (unpaired) electrons. The highest BCUT2D eigenvalue weighted by Crippen LogP contribution is 2.14. The van der Waals surface area contributed by atoms with Crippen LogP contribution in [-0.4, -0.2) is 41.3 Å². The van der Waals surface area contributed by atoms with Crippen LogP contribution in [0.2, 0.25) is 0 Å². The fourth-order valence-electron chi connectivity index (χ4n) is 2.72. The van der Waals surface area contributed by atoms with Crippen molar-refractivity contribution in [1.82, 2.24) is 10.2 Å². The monoisotopic (exact) mass is 308 g/mol. The lowest BCUT2D eigenvalue weighted by Crippen LogP contribution is -2.51. The Bertz CT molecular complexity index is 490. The summed E-state index contributed by atoms with van der Waals surface area (Å²) < 4.78 is 13.0. The third-order valence-corrected chi connectivity index (χ3v) is 4.17. The summed E-state index contributed by atoms with van der Waals surface area (Å²) in [4.78, 5) is 14.0. The molecule has 1 aliphatic heterocycles. The molecule has 1 heterocycles. The van der Waals surface area contributed by atoms with Crippen LogP contribution in [0.4, 0.5) is 9.18 Å². The first-order valence-corrected chi connectivity index (χ1v) is 7.93. The summed E-state index contributed by atoms with van der Waals surface area (Å²) in [5.74, 6) is 0.0138. The molecule has 1 aromatic carbocycles. The van der Waals surface area contributed by atoms with Gasteiger partial charge in [-0.15, -0.1) is 0 Å². The van der Waals surface area contributed by atoms with Crippen LogP contribution < -0.4 is 5.32 Å². The second-order valence-electron chi connectivity index (χ2n) is 6.37. The van der Waals surface area contributed by atoms with Gasteiger partial charge in [0.25, 0.3) is 0 Å². The number of rotatable bonds is 4. The van der Waals surface area contributed by atoms with Gasteiger partial charge in [-0.1, -0.05) is 26.0 Å². The third kappa shape index (κ3) is 4.70. The van der Waals surface area contributed by atoms with Crippen LogP contribution in [0.15, 0.2) is 24.3 Å². The second kappa shape index (κ2) is 7.58. The Labute approximate surface area is 131 Å². The molecule has 1 aromatic rings. The van der Waals surface area contributed by atoms with Gasteiger partial charge in [-0.3, -0.25) is 0 Å². The molecule has 4 nitrogen and oxygen atoms in total. The molecular weight excluding hydrogens is 283 g/mol. The highest BCUT2D eigenvalue weighted by atomic mass is 19.1. The van der Waals surface area contributed by atoms with E-state index >= 15 is 0 Å². The summed E-state index contributed by atoms with van der Waals surface area (Å²) in [7, 11) is 0. The van der Waals surface area contributed by atoms with E-state index in [2.05, 4.69) is 19.2 Å². The molecule has 1 fully saturated rings. The van der Waals surface area contributed by atoms with E-state index in [4.69, 9.17) is 0 Å². The Morgan fingerprint density at radius 3 is 2.68 bits per heavy atom. The maximum Gasteiger partial charge on any atom is 0.317 e. The first-order valence-electron chi connectivity index (χ1n) is 7.93. The summed E-state index contributed by atoms with van der Waals surface area (Å²) in [6.45, 7) is 5.19. The Kier molecular flexibility index (Phi) is 5.77. The van der Waals surface area contributed by atoms with E-state index in [0.29, 0.717) is 19.5 Å². The molecule has 1 saturated heterocycles. The predicted octanol–water partition coefficient (Wildman–Crippen LogP) is 2.56. The summed E-state index contributed by atoms with van der Waals surface area (Å²) in [6.07, 6.45) is 1.83. The van der Waals surface area contributed by atoms with Crippen molar-refractivity contribution >= 4 is 6.03 Å². The maximum absolute atomic E-state index is 13.0. The van der Waals surface area contributed by atoms with Crippen molar-refractivity contribution in [2.75, 3.05) is 13.1 Å². The molecule has 0 saturated carbocycles.